The van der Waals surface area contributed by atoms with E-state index in [1.165, 1.54) is 6.33 Å². The molecule has 0 saturated carbocycles. The second kappa shape index (κ2) is 8.62. The number of anilines is 3. The van der Waals surface area contributed by atoms with Gasteiger partial charge in [-0.05, 0) is 25.3 Å². The molecule has 0 bridgehead atoms. The second-order valence-corrected chi connectivity index (χ2v) is 6.17. The van der Waals surface area contributed by atoms with Gasteiger partial charge < -0.3 is 14.9 Å². The van der Waals surface area contributed by atoms with E-state index in [0.717, 1.165) is 16.5 Å². The van der Waals surface area contributed by atoms with Gasteiger partial charge in [-0.25, -0.2) is 9.97 Å². The quantitative estimate of drug-likeness (QED) is 0.471. The van der Waals surface area contributed by atoms with E-state index >= 15 is 0 Å². The van der Waals surface area contributed by atoms with E-state index in [9.17, 15) is 15.2 Å². The van der Waals surface area contributed by atoms with Crippen LogP contribution in [0.15, 0.2) is 48.8 Å². The van der Waals surface area contributed by atoms with Gasteiger partial charge in [-0.1, -0.05) is 36.4 Å². The summed E-state index contributed by atoms with van der Waals surface area (Å²) in [5.41, 5.74) is 0.686. The van der Waals surface area contributed by atoms with Crippen LogP contribution in [0, 0.1) is 10.1 Å². The van der Waals surface area contributed by atoms with Crippen LogP contribution in [-0.2, 0) is 0 Å². The number of hydrogen-bond donors (Lipinski definition) is 1. The molecule has 1 N–H and O–H groups in total. The van der Waals surface area contributed by atoms with E-state index in [0.29, 0.717) is 13.1 Å². The highest BCUT2D eigenvalue weighted by molar-refractivity contribution is 5.96. The molecular formula is C20H23N5O3. The van der Waals surface area contributed by atoms with Crippen LogP contribution in [0.5, 0.6) is 0 Å². The SMILES string of the molecule is CCN(CCO)c1ncnc(N(CC)c2cccc3ccccc23)c1[N+](=O)[O-]. The first-order valence-corrected chi connectivity index (χ1v) is 9.22. The minimum atomic E-state index is -0.446. The van der Waals surface area contributed by atoms with Crippen molar-refractivity contribution in [1.29, 1.82) is 0 Å². The molecule has 146 valence electrons. The Hall–Kier alpha value is -3.26. The molecule has 1 aromatic heterocycles. The Morgan fingerprint density at radius 2 is 1.75 bits per heavy atom. The van der Waals surface area contributed by atoms with Gasteiger partial charge in [0.2, 0.25) is 11.6 Å². The van der Waals surface area contributed by atoms with Gasteiger partial charge in [-0.3, -0.25) is 10.1 Å². The molecule has 0 unspecified atom stereocenters. The van der Waals surface area contributed by atoms with Crippen LogP contribution in [0.4, 0.5) is 23.0 Å². The third-order valence-corrected chi connectivity index (χ3v) is 4.65. The van der Waals surface area contributed by atoms with Crippen molar-refractivity contribution in [2.75, 3.05) is 36.0 Å². The highest BCUT2D eigenvalue weighted by atomic mass is 16.6. The zero-order valence-corrected chi connectivity index (χ0v) is 15.9. The van der Waals surface area contributed by atoms with E-state index in [4.69, 9.17) is 0 Å². The maximum atomic E-state index is 12.0. The van der Waals surface area contributed by atoms with Gasteiger partial charge >= 0.3 is 5.69 Å². The molecule has 0 spiro atoms. The minimum absolute atomic E-state index is 0.120. The Morgan fingerprint density at radius 1 is 1.04 bits per heavy atom. The zero-order chi connectivity index (χ0) is 20.1. The molecule has 1 heterocycles. The maximum absolute atomic E-state index is 12.0. The summed E-state index contributed by atoms with van der Waals surface area (Å²) in [6.07, 6.45) is 1.34. The van der Waals surface area contributed by atoms with Crippen molar-refractivity contribution in [1.82, 2.24) is 9.97 Å². The van der Waals surface area contributed by atoms with Gasteiger partial charge in [-0.2, -0.15) is 0 Å². The Kier molecular flexibility index (Phi) is 6.00. The van der Waals surface area contributed by atoms with Crippen LogP contribution in [-0.4, -0.2) is 46.2 Å². The van der Waals surface area contributed by atoms with Crippen molar-refractivity contribution in [3.63, 3.8) is 0 Å². The monoisotopic (exact) mass is 381 g/mol. The van der Waals surface area contributed by atoms with Crippen molar-refractivity contribution in [2.24, 2.45) is 0 Å². The molecule has 0 saturated heterocycles. The zero-order valence-electron chi connectivity index (χ0n) is 15.9. The summed E-state index contributed by atoms with van der Waals surface area (Å²) >= 11 is 0. The largest absolute Gasteiger partial charge is 0.395 e. The summed E-state index contributed by atoms with van der Waals surface area (Å²) < 4.78 is 0. The first-order chi connectivity index (χ1) is 13.6. The molecule has 0 radical (unpaired) electrons. The van der Waals surface area contributed by atoms with E-state index in [2.05, 4.69) is 9.97 Å². The van der Waals surface area contributed by atoms with Crippen molar-refractivity contribution < 1.29 is 10.0 Å². The van der Waals surface area contributed by atoms with Crippen LogP contribution >= 0.6 is 0 Å². The standard InChI is InChI=1S/C20H23N5O3/c1-3-23(12-13-26)19-18(25(27)28)20(22-14-21-19)24(4-2)17-11-7-9-15-8-5-6-10-16(15)17/h5-11,14,26H,3-4,12-13H2,1-2H3. The van der Waals surface area contributed by atoms with Crippen LogP contribution in [0.2, 0.25) is 0 Å². The number of nitrogens with zero attached hydrogens (tertiary/aromatic N) is 5. The maximum Gasteiger partial charge on any atom is 0.353 e. The van der Waals surface area contributed by atoms with Crippen molar-refractivity contribution in [3.8, 4) is 0 Å². The molecule has 0 amide bonds. The Labute approximate surface area is 163 Å². The highest BCUT2D eigenvalue weighted by Crippen LogP contribution is 2.39. The molecule has 2 aromatic carbocycles. The van der Waals surface area contributed by atoms with E-state index in [1.54, 1.807) is 4.90 Å². The molecule has 0 aliphatic carbocycles. The lowest BCUT2D eigenvalue weighted by atomic mass is 10.1. The lowest BCUT2D eigenvalue weighted by molar-refractivity contribution is -0.383. The molecule has 8 heteroatoms. The van der Waals surface area contributed by atoms with E-state index in [1.807, 2.05) is 61.2 Å². The van der Waals surface area contributed by atoms with Gasteiger partial charge in [0.05, 0.1) is 17.2 Å². The number of aliphatic hydroxyl groups is 1. The van der Waals surface area contributed by atoms with Gasteiger partial charge in [0.15, 0.2) is 0 Å². The predicted molar refractivity (Wildman–Crippen MR) is 110 cm³/mol. The summed E-state index contributed by atoms with van der Waals surface area (Å²) in [5, 5.41) is 23.3. The average Bonchev–Trinajstić information content (AvgIpc) is 2.72. The summed E-state index contributed by atoms with van der Waals surface area (Å²) in [6, 6.07) is 13.8. The molecule has 0 atom stereocenters. The summed E-state index contributed by atoms with van der Waals surface area (Å²) in [7, 11) is 0. The molecular weight excluding hydrogens is 358 g/mol. The van der Waals surface area contributed by atoms with Crippen molar-refractivity contribution in [3.05, 3.63) is 58.9 Å². The van der Waals surface area contributed by atoms with Crippen LogP contribution in [0.1, 0.15) is 13.8 Å². The second-order valence-electron chi connectivity index (χ2n) is 6.17. The number of likely N-dealkylation sites (N-methyl/N-ethyl adjacent to an activating group) is 1. The fourth-order valence-electron chi connectivity index (χ4n) is 3.37. The Balaban J connectivity index is 2.21. The first-order valence-electron chi connectivity index (χ1n) is 9.22. The number of rotatable bonds is 8. The molecule has 3 aromatic rings. The van der Waals surface area contributed by atoms with Crippen LogP contribution in [0.25, 0.3) is 10.8 Å². The number of benzene rings is 2. The predicted octanol–water partition coefficient (Wildman–Crippen LogP) is 3.51. The fraction of sp³-hybridized carbons (Fsp3) is 0.300. The summed E-state index contributed by atoms with van der Waals surface area (Å²) in [6.45, 7) is 4.91. The van der Waals surface area contributed by atoms with Crippen molar-refractivity contribution >= 4 is 33.8 Å². The fourth-order valence-corrected chi connectivity index (χ4v) is 3.37. The van der Waals surface area contributed by atoms with Gasteiger partial charge in [0, 0.05) is 25.0 Å². The van der Waals surface area contributed by atoms with Gasteiger partial charge in [-0.15, -0.1) is 0 Å². The first kappa shape index (κ1) is 19.5. The summed E-state index contributed by atoms with van der Waals surface area (Å²) in [5.74, 6) is 0.454. The Morgan fingerprint density at radius 3 is 2.43 bits per heavy atom. The van der Waals surface area contributed by atoms with Gasteiger partial charge in [0.1, 0.15) is 6.33 Å². The normalized spacial score (nSPS) is 10.8. The van der Waals surface area contributed by atoms with Crippen LogP contribution < -0.4 is 9.80 Å². The molecule has 3 rings (SSSR count). The molecule has 0 aliphatic rings. The third-order valence-electron chi connectivity index (χ3n) is 4.65. The van der Waals surface area contributed by atoms with E-state index in [-0.39, 0.29) is 30.5 Å². The number of nitro groups is 1. The molecule has 28 heavy (non-hydrogen) atoms. The lowest BCUT2D eigenvalue weighted by Crippen LogP contribution is -2.29. The Bertz CT molecular complexity index is 974. The third kappa shape index (κ3) is 3.59. The molecule has 0 aliphatic heterocycles. The van der Waals surface area contributed by atoms with Crippen LogP contribution in [0.3, 0.4) is 0 Å². The topological polar surface area (TPSA) is 95.6 Å². The average molecular weight is 381 g/mol. The lowest BCUT2D eigenvalue weighted by Gasteiger charge is -2.26. The molecule has 0 fully saturated rings. The summed E-state index contributed by atoms with van der Waals surface area (Å²) in [4.78, 5) is 23.5. The highest BCUT2D eigenvalue weighted by Gasteiger charge is 2.30. The number of aliphatic hydroxyl groups excluding tert-OH is 1. The smallest absolute Gasteiger partial charge is 0.353 e. The van der Waals surface area contributed by atoms with Gasteiger partial charge in [0.25, 0.3) is 0 Å². The van der Waals surface area contributed by atoms with Crippen molar-refractivity contribution in [2.45, 2.75) is 13.8 Å². The minimum Gasteiger partial charge on any atom is -0.395 e. The van der Waals surface area contributed by atoms with E-state index < -0.39 is 4.92 Å². The number of fused-ring (bicyclic) bond motifs is 1. The number of hydrogen-bond acceptors (Lipinski definition) is 7. The number of aromatic nitrogens is 2. The molecule has 8 nitrogen and oxygen atoms in total.